The van der Waals surface area contributed by atoms with Gasteiger partial charge in [-0.1, -0.05) is 83.1 Å². The lowest BCUT2D eigenvalue weighted by Crippen LogP contribution is -2.61. The van der Waals surface area contributed by atoms with Gasteiger partial charge in [0.25, 0.3) is 0 Å². The maximum absolute atomic E-state index is 7.35. The minimum atomic E-state index is -0.561. The predicted octanol–water partition coefficient (Wildman–Crippen LogP) is 10.7. The Kier molecular flexibility index (Phi) is 21.2. The summed E-state index contributed by atoms with van der Waals surface area (Å²) in [5.41, 5.74) is -1.95. The molecular weight excluding hydrogens is 765 g/mol. The van der Waals surface area contributed by atoms with Crippen LogP contribution in [0.5, 0.6) is 0 Å². The van der Waals surface area contributed by atoms with Crippen LogP contribution < -0.4 is 0 Å². The zero-order valence-corrected chi connectivity index (χ0v) is 42.8. The van der Waals surface area contributed by atoms with E-state index in [-0.39, 0.29) is 68.4 Å². The molecule has 6 nitrogen and oxygen atoms in total. The van der Waals surface area contributed by atoms with Crippen molar-refractivity contribution in [2.45, 2.75) is 171 Å². The first kappa shape index (κ1) is 54.1. The summed E-state index contributed by atoms with van der Waals surface area (Å²) in [5.74, 6) is 0.896. The fourth-order valence-corrected chi connectivity index (χ4v) is 11.0. The van der Waals surface area contributed by atoms with Gasteiger partial charge in [-0.2, -0.15) is 0 Å². The summed E-state index contributed by atoms with van der Waals surface area (Å²) >= 11 is 16.8. The number of hydrogen-bond donors (Lipinski definition) is 4. The van der Waals surface area contributed by atoms with Crippen molar-refractivity contribution in [2.75, 3.05) is 26.5 Å². The highest BCUT2D eigenvalue weighted by Gasteiger charge is 2.56. The summed E-state index contributed by atoms with van der Waals surface area (Å²) in [6.07, 6.45) is -0.231. The molecule has 0 bridgehead atoms. The molecule has 13 unspecified atom stereocenters. The Labute approximate surface area is 350 Å². The van der Waals surface area contributed by atoms with Crippen molar-refractivity contribution >= 4 is 77.3 Å². The molecule has 0 spiro atoms. The van der Waals surface area contributed by atoms with Gasteiger partial charge >= 0.3 is 0 Å². The lowest BCUT2D eigenvalue weighted by Gasteiger charge is -2.58. The molecule has 0 aliphatic rings. The van der Waals surface area contributed by atoms with Crippen LogP contribution in [-0.4, -0.2) is 73.6 Å². The molecule has 0 saturated carbocycles. The van der Waals surface area contributed by atoms with Gasteiger partial charge in [0.1, 0.15) is 7.85 Å². The fourth-order valence-electron chi connectivity index (χ4n) is 8.45. The van der Waals surface area contributed by atoms with Crippen molar-refractivity contribution < 1.29 is 26.2 Å². The lowest BCUT2D eigenvalue weighted by atomic mass is 9.49. The molecule has 0 saturated heterocycles. The van der Waals surface area contributed by atoms with Crippen LogP contribution in [0.4, 0.5) is 0 Å². The van der Waals surface area contributed by atoms with Gasteiger partial charge in [0.2, 0.25) is 0 Å². The zero-order valence-electron chi connectivity index (χ0n) is 37.1. The van der Waals surface area contributed by atoms with Crippen LogP contribution in [0.3, 0.4) is 0 Å². The molecule has 13 atom stereocenters. The quantitative estimate of drug-likeness (QED) is 0.0336. The topological polar surface area (TPSA) is 55.4 Å². The minimum absolute atomic E-state index is 0.0446. The molecule has 0 rings (SSSR count). The first-order valence-corrected chi connectivity index (χ1v) is 22.7. The van der Waals surface area contributed by atoms with Crippen molar-refractivity contribution in [3.63, 3.8) is 0 Å². The largest absolute Gasteiger partial charge is 0.380 e. The van der Waals surface area contributed by atoms with Crippen LogP contribution in [0.1, 0.15) is 132 Å². The number of rotatable bonds is 24. The Hall–Kier alpha value is 2.08. The second-order valence-electron chi connectivity index (χ2n) is 20.1. The summed E-state index contributed by atoms with van der Waals surface area (Å²) < 4.78 is 37.0. The monoisotopic (exact) mass is 848 g/mol. The molecule has 0 aromatic rings. The molecule has 0 aliphatic carbocycles. The third-order valence-corrected chi connectivity index (χ3v) is 19.0. The van der Waals surface area contributed by atoms with Gasteiger partial charge in [0.15, 0.2) is 0 Å². The number of ether oxygens (including phenoxy) is 2. The van der Waals surface area contributed by atoms with Crippen molar-refractivity contribution in [2.24, 2.45) is 51.8 Å². The molecule has 13 heteroatoms. The molecule has 52 heavy (non-hydrogen) atoms. The normalized spacial score (nSPS) is 22.5. The van der Waals surface area contributed by atoms with E-state index < -0.39 is 16.7 Å². The summed E-state index contributed by atoms with van der Waals surface area (Å²) in [4.78, 5) is 0. The van der Waals surface area contributed by atoms with Crippen molar-refractivity contribution in [3.8, 4) is 0 Å². The molecule has 0 heterocycles. The molecule has 0 aromatic carbocycles. The van der Waals surface area contributed by atoms with Gasteiger partial charge in [-0.05, 0) is 147 Å². The van der Waals surface area contributed by atoms with Crippen LogP contribution in [0.15, 0.2) is 0 Å². The SMILES string of the molecule is BC(C)(OC(C)C(C)(P)C(COS)C(C)C(C)(C)OS)C(C)(C)C(COC(C)(C)C(C)(PC)C(COS)C(C)C(C)OS)C(C)(C)C(C)C(C)(C)C. The van der Waals surface area contributed by atoms with Crippen LogP contribution in [0.25, 0.3) is 0 Å². The Balaban J connectivity index is 7.19. The van der Waals surface area contributed by atoms with Gasteiger partial charge in [0.05, 0.1) is 43.2 Å². The van der Waals surface area contributed by atoms with Gasteiger partial charge in [-0.15, -0.1) is 17.8 Å². The third-order valence-electron chi connectivity index (χ3n) is 15.0. The first-order chi connectivity index (χ1) is 23.2. The van der Waals surface area contributed by atoms with Gasteiger partial charge in [-0.3, -0.25) is 0 Å². The van der Waals surface area contributed by atoms with E-state index in [1.165, 1.54) is 0 Å². The Morgan fingerprint density at radius 2 is 1.17 bits per heavy atom. The standard InChI is InChI=1S/C39H83BO6P2S4/c1-24(26(3)45-51)29(21-42-49)38(18,48-20)36(15,16)41-23-31(33(9,10)27(4)32(6,7)8)34(11,12)39(19,40)44-28(5)37(17,47)30(22-43-50)25(2)35(13,14)46-52/h24-31,48-52H,21-23,40,47H2,1-20H3. The van der Waals surface area contributed by atoms with E-state index in [1.807, 2.05) is 0 Å². The minimum Gasteiger partial charge on any atom is -0.380 e. The molecule has 0 aromatic heterocycles. The summed E-state index contributed by atoms with van der Waals surface area (Å²) in [7, 11) is 5.95. The molecule has 0 radical (unpaired) electrons. The number of hydrogen-bond acceptors (Lipinski definition) is 10. The van der Waals surface area contributed by atoms with E-state index in [4.69, 9.17) is 26.2 Å². The predicted molar refractivity (Wildman–Crippen MR) is 247 cm³/mol. The average Bonchev–Trinajstić information content (AvgIpc) is 3.02. The summed E-state index contributed by atoms with van der Waals surface area (Å²) in [5, 5.41) is -0.614. The van der Waals surface area contributed by atoms with Gasteiger partial charge in [0, 0.05) is 27.6 Å². The molecule has 0 N–H and O–H groups in total. The van der Waals surface area contributed by atoms with Crippen LogP contribution >= 0.6 is 69.5 Å². The highest BCUT2D eigenvalue weighted by atomic mass is 32.1. The first-order valence-electron chi connectivity index (χ1n) is 19.1. The maximum atomic E-state index is 7.35. The van der Waals surface area contributed by atoms with Crippen LogP contribution in [-0.2, 0) is 26.2 Å². The average molecular weight is 849 g/mol. The van der Waals surface area contributed by atoms with E-state index in [2.05, 4.69) is 207 Å². The van der Waals surface area contributed by atoms with E-state index in [0.29, 0.717) is 34.3 Å². The second-order valence-corrected chi connectivity index (χ2v) is 23.7. The zero-order chi connectivity index (χ0) is 41.7. The molecule has 0 amide bonds. The van der Waals surface area contributed by atoms with E-state index in [0.717, 1.165) is 0 Å². The summed E-state index contributed by atoms with van der Waals surface area (Å²) in [6.45, 7) is 46.9. The fraction of sp³-hybridized carbons (Fsp3) is 1.00. The van der Waals surface area contributed by atoms with Gasteiger partial charge in [-0.25, -0.2) is 0 Å². The molecule has 0 aliphatic heterocycles. The highest BCUT2D eigenvalue weighted by molar-refractivity contribution is 7.75. The molecule has 0 fully saturated rings. The van der Waals surface area contributed by atoms with Crippen molar-refractivity contribution in [3.05, 3.63) is 0 Å². The Bertz CT molecular complexity index is 1070. The molecule has 312 valence electrons. The Morgan fingerprint density at radius 1 is 0.712 bits per heavy atom. The van der Waals surface area contributed by atoms with Crippen molar-refractivity contribution in [1.82, 2.24) is 0 Å². The highest BCUT2D eigenvalue weighted by Crippen LogP contribution is 2.57. The van der Waals surface area contributed by atoms with E-state index in [9.17, 15) is 0 Å². The molecular formula is C39H83BO6P2S4. The lowest BCUT2D eigenvalue weighted by molar-refractivity contribution is -0.182. The second kappa shape index (κ2) is 20.4. The third kappa shape index (κ3) is 12.3. The van der Waals surface area contributed by atoms with E-state index in [1.54, 1.807) is 0 Å². The van der Waals surface area contributed by atoms with Crippen LogP contribution in [0, 0.1) is 51.8 Å². The van der Waals surface area contributed by atoms with Crippen LogP contribution in [0.2, 0.25) is 0 Å². The smallest absolute Gasteiger partial charge is 0.143 e. The Morgan fingerprint density at radius 3 is 1.56 bits per heavy atom. The van der Waals surface area contributed by atoms with E-state index >= 15 is 0 Å². The van der Waals surface area contributed by atoms with Crippen molar-refractivity contribution in [1.29, 1.82) is 0 Å². The number of thiol groups is 4. The maximum Gasteiger partial charge on any atom is 0.143 e. The summed E-state index contributed by atoms with van der Waals surface area (Å²) in [6, 6.07) is 0. The van der Waals surface area contributed by atoms with Gasteiger partial charge < -0.3 is 26.2 Å².